The van der Waals surface area contributed by atoms with Crippen LogP contribution >= 0.6 is 23.1 Å². The summed E-state index contributed by atoms with van der Waals surface area (Å²) < 4.78 is 5.77. The molecule has 4 aliphatic rings. The standard InChI is InChI=1S/C26H35N11O5S2/c1-26(2,24(40)41-4)42-32-17(16-13-44-25(27)28-16)21(38)29-18-22(39)36-19(20-30-33-34-31-20)14(12-43-23(18)36)11-37-8-5-6-15(37)10-35(3)7-9-37/h13,15,18,23H,5-12H2,1-4H3,(H3-,27,28,29,30,31,33,34,38)/p+1/b32-17-/t15-,18+,23+,37+/m0/s1. The molecule has 0 spiro atoms. The molecular formula is C26H36N11O5S2+. The van der Waals surface area contributed by atoms with Gasteiger partial charge >= 0.3 is 5.97 Å². The molecule has 4 N–H and O–H groups in total. The Hall–Kier alpha value is -3.61. The molecule has 0 radical (unpaired) electrons. The summed E-state index contributed by atoms with van der Waals surface area (Å²) in [6, 6.07) is -0.292. The summed E-state index contributed by atoms with van der Waals surface area (Å²) in [6.07, 6.45) is 2.38. The van der Waals surface area contributed by atoms with Crippen molar-refractivity contribution < 1.29 is 28.4 Å². The van der Waals surface area contributed by atoms with Crippen molar-refractivity contribution in [3.8, 4) is 0 Å². The van der Waals surface area contributed by atoms with Gasteiger partial charge in [0.05, 0.1) is 32.4 Å². The van der Waals surface area contributed by atoms with E-state index in [9.17, 15) is 14.4 Å². The summed E-state index contributed by atoms with van der Waals surface area (Å²) in [5, 5.41) is 23.0. The molecule has 2 amide bonds. The molecular weight excluding hydrogens is 610 g/mol. The minimum atomic E-state index is -1.48. The second kappa shape index (κ2) is 11.7. The number of β-lactam (4-membered cyclic amide) rings is 1. The highest BCUT2D eigenvalue weighted by atomic mass is 32.2. The average Bonchev–Trinajstić information content (AvgIpc) is 3.77. The number of hydrogen-bond acceptors (Lipinski definition) is 14. The van der Waals surface area contributed by atoms with E-state index in [2.05, 4.69) is 48.0 Å². The van der Waals surface area contributed by atoms with Crippen LogP contribution in [0, 0.1) is 0 Å². The summed E-state index contributed by atoms with van der Waals surface area (Å²) in [5.74, 6) is -0.641. The number of ether oxygens (including phenoxy) is 1. The third-order valence-corrected chi connectivity index (χ3v) is 10.8. The highest BCUT2D eigenvalue weighted by molar-refractivity contribution is 8.00. The monoisotopic (exact) mass is 646 g/mol. The Balaban J connectivity index is 1.25. The summed E-state index contributed by atoms with van der Waals surface area (Å²) in [5.41, 5.74) is 6.05. The summed E-state index contributed by atoms with van der Waals surface area (Å²) in [6.45, 7) is 8.00. The minimum Gasteiger partial charge on any atom is -0.466 e. The quantitative estimate of drug-likeness (QED) is 0.106. The highest BCUT2D eigenvalue weighted by Gasteiger charge is 2.55. The minimum absolute atomic E-state index is 0.154. The molecule has 18 heteroatoms. The number of tetrazole rings is 1. The first kappa shape index (κ1) is 30.4. The second-order valence-electron chi connectivity index (χ2n) is 12.0. The Morgan fingerprint density at radius 3 is 2.86 bits per heavy atom. The number of nitrogen functional groups attached to an aromatic ring is 1. The molecule has 4 aliphatic heterocycles. The van der Waals surface area contributed by atoms with Crippen molar-refractivity contribution in [1.29, 1.82) is 0 Å². The SMILES string of the molecule is COC(=O)C(C)(C)O/N=C(\C(=O)N[C@@H]1C(=O)N2C(c3nn[nH]n3)=C(C[N@+]34CCC[C@H]3CN(C)CC4)CS[C@H]12)c1csc(N)n1. The first-order valence-electron chi connectivity index (χ1n) is 14.3. The molecule has 236 valence electrons. The van der Waals surface area contributed by atoms with Gasteiger partial charge in [-0.15, -0.1) is 33.3 Å². The molecule has 0 saturated carbocycles. The zero-order chi connectivity index (χ0) is 31.2. The van der Waals surface area contributed by atoms with Crippen LogP contribution < -0.4 is 11.1 Å². The molecule has 6 rings (SSSR count). The number of aromatic amines is 1. The van der Waals surface area contributed by atoms with Crippen molar-refractivity contribution in [3.05, 3.63) is 22.5 Å². The lowest BCUT2D eigenvalue weighted by Gasteiger charge is -2.51. The van der Waals surface area contributed by atoms with Crippen molar-refractivity contribution >= 4 is 57.4 Å². The predicted octanol–water partition coefficient (Wildman–Crippen LogP) is -0.353. The number of nitrogens with two attached hydrogens (primary N) is 1. The fourth-order valence-electron chi connectivity index (χ4n) is 6.48. The maximum absolute atomic E-state index is 13.8. The number of thiazole rings is 1. The van der Waals surface area contributed by atoms with E-state index in [0.29, 0.717) is 23.3 Å². The molecule has 3 fully saturated rings. The van der Waals surface area contributed by atoms with Gasteiger partial charge in [-0.1, -0.05) is 5.16 Å². The second-order valence-corrected chi connectivity index (χ2v) is 14.0. The third kappa shape index (κ3) is 5.43. The maximum Gasteiger partial charge on any atom is 0.352 e. The molecule has 2 aromatic rings. The molecule has 0 unspecified atom stereocenters. The van der Waals surface area contributed by atoms with Gasteiger partial charge in [0.1, 0.15) is 29.7 Å². The lowest BCUT2D eigenvalue weighted by atomic mass is 10.0. The lowest BCUT2D eigenvalue weighted by molar-refractivity contribution is -0.939. The van der Waals surface area contributed by atoms with Crippen LogP contribution in [0.15, 0.2) is 16.1 Å². The number of oxime groups is 1. The van der Waals surface area contributed by atoms with E-state index in [0.717, 1.165) is 54.1 Å². The number of carbonyl (C=O) groups is 3. The smallest absolute Gasteiger partial charge is 0.352 e. The zero-order valence-electron chi connectivity index (χ0n) is 25.0. The summed E-state index contributed by atoms with van der Waals surface area (Å²) in [4.78, 5) is 53.1. The van der Waals surface area contributed by atoms with Crippen molar-refractivity contribution in [1.82, 2.24) is 40.7 Å². The Morgan fingerprint density at radius 1 is 1.34 bits per heavy atom. The highest BCUT2D eigenvalue weighted by Crippen LogP contribution is 2.45. The van der Waals surface area contributed by atoms with Gasteiger partial charge in [0.15, 0.2) is 10.8 Å². The van der Waals surface area contributed by atoms with E-state index in [1.54, 1.807) is 22.0 Å². The summed E-state index contributed by atoms with van der Waals surface area (Å²) in [7, 11) is 3.40. The molecule has 16 nitrogen and oxygen atoms in total. The van der Waals surface area contributed by atoms with E-state index >= 15 is 0 Å². The molecule has 2 aromatic heterocycles. The fraction of sp³-hybridized carbons (Fsp3) is 0.615. The van der Waals surface area contributed by atoms with Crippen LogP contribution in [-0.4, -0.2) is 139 Å². The predicted molar refractivity (Wildman–Crippen MR) is 162 cm³/mol. The van der Waals surface area contributed by atoms with E-state index in [4.69, 9.17) is 15.3 Å². The van der Waals surface area contributed by atoms with Crippen LogP contribution in [0.25, 0.3) is 5.70 Å². The van der Waals surface area contributed by atoms with Crippen LogP contribution in [0.5, 0.6) is 0 Å². The lowest BCUT2D eigenvalue weighted by Crippen LogP contribution is -2.70. The number of piperazine rings is 1. The number of hydrogen-bond donors (Lipinski definition) is 3. The number of fused-ring (bicyclic) bond motifs is 2. The van der Waals surface area contributed by atoms with Gasteiger partial charge in [0.25, 0.3) is 11.8 Å². The number of quaternary nitrogens is 1. The van der Waals surface area contributed by atoms with Gasteiger partial charge in [0.2, 0.25) is 11.4 Å². The van der Waals surface area contributed by atoms with Gasteiger partial charge < -0.3 is 25.1 Å². The first-order valence-corrected chi connectivity index (χ1v) is 16.3. The van der Waals surface area contributed by atoms with Crippen LogP contribution in [0.1, 0.15) is 38.2 Å². The number of rotatable bonds is 9. The number of thioether (sulfide) groups is 1. The summed E-state index contributed by atoms with van der Waals surface area (Å²) >= 11 is 2.71. The molecule has 44 heavy (non-hydrogen) atoms. The van der Waals surface area contributed by atoms with Crippen molar-refractivity contribution in [2.45, 2.75) is 49.7 Å². The Morgan fingerprint density at radius 2 is 2.16 bits per heavy atom. The number of anilines is 1. The number of nitrogens with one attached hydrogen (secondary N) is 2. The fourth-order valence-corrected chi connectivity index (χ4v) is 8.36. The van der Waals surface area contributed by atoms with Crippen molar-refractivity contribution in [3.63, 3.8) is 0 Å². The number of H-pyrrole nitrogens is 1. The van der Waals surface area contributed by atoms with E-state index in [1.807, 2.05) is 0 Å². The van der Waals surface area contributed by atoms with E-state index < -0.39 is 23.5 Å². The number of nitrogens with zero attached hydrogens (tertiary/aromatic N) is 8. The molecule has 0 aromatic carbocycles. The van der Waals surface area contributed by atoms with Gasteiger partial charge in [-0.05, 0) is 26.1 Å². The van der Waals surface area contributed by atoms with Gasteiger partial charge in [-0.3, -0.25) is 19.4 Å². The molecule has 0 aliphatic carbocycles. The Labute approximate surface area is 262 Å². The molecule has 6 heterocycles. The average molecular weight is 647 g/mol. The van der Waals surface area contributed by atoms with Gasteiger partial charge in [0, 0.05) is 36.1 Å². The number of esters is 1. The zero-order valence-corrected chi connectivity index (χ0v) is 26.6. The topological polar surface area (TPSA) is 194 Å². The number of likely N-dealkylation sites (N-methyl/N-ethyl adjacent to an activating group) is 1. The normalized spacial score (nSPS) is 27.5. The van der Waals surface area contributed by atoms with Crippen LogP contribution in [0.4, 0.5) is 5.13 Å². The maximum atomic E-state index is 13.8. The Bertz CT molecular complexity index is 1510. The number of amides is 2. The van der Waals surface area contributed by atoms with E-state index in [-0.39, 0.29) is 27.8 Å². The van der Waals surface area contributed by atoms with Crippen LogP contribution in [0.2, 0.25) is 0 Å². The van der Waals surface area contributed by atoms with Gasteiger partial charge in [-0.2, -0.15) is 5.21 Å². The molecule has 0 bridgehead atoms. The number of aromatic nitrogens is 5. The van der Waals surface area contributed by atoms with Crippen LogP contribution in [0.3, 0.4) is 0 Å². The first-order chi connectivity index (χ1) is 21.0. The molecule has 3 saturated heterocycles. The molecule has 4 atom stereocenters. The van der Waals surface area contributed by atoms with Gasteiger partial charge in [-0.25, -0.2) is 9.78 Å². The Kier molecular flexibility index (Phi) is 8.10. The largest absolute Gasteiger partial charge is 0.466 e. The van der Waals surface area contributed by atoms with E-state index in [1.165, 1.54) is 33.8 Å². The number of carbonyl (C=O) groups excluding carboxylic acids is 3. The number of methoxy groups -OCH3 is 1. The third-order valence-electron chi connectivity index (χ3n) is 8.78. The van der Waals surface area contributed by atoms with Crippen molar-refractivity contribution in [2.24, 2.45) is 5.16 Å². The van der Waals surface area contributed by atoms with Crippen molar-refractivity contribution in [2.75, 3.05) is 58.4 Å². The van der Waals surface area contributed by atoms with Crippen LogP contribution in [-0.2, 0) is 24.0 Å².